The number of rotatable bonds is 2. The molecule has 1 heterocycles. The van der Waals surface area contributed by atoms with Crippen molar-refractivity contribution in [3.8, 4) is 0 Å². The number of aromatic nitrogens is 2. The van der Waals surface area contributed by atoms with E-state index in [1.807, 2.05) is 20.8 Å². The Balaban J connectivity index is 2.00. The highest BCUT2D eigenvalue weighted by Gasteiger charge is 2.36. The van der Waals surface area contributed by atoms with Crippen LogP contribution in [0.3, 0.4) is 0 Å². The number of hydrogen-bond acceptors (Lipinski definition) is 4. The van der Waals surface area contributed by atoms with Gasteiger partial charge >= 0.3 is 6.09 Å². The van der Waals surface area contributed by atoms with Crippen LogP contribution in [0, 0.1) is 0 Å². The van der Waals surface area contributed by atoms with Gasteiger partial charge in [0, 0.05) is 17.5 Å². The first kappa shape index (κ1) is 14.2. The Morgan fingerprint density at radius 1 is 1.37 bits per heavy atom. The van der Waals surface area contributed by atoms with Gasteiger partial charge in [0.05, 0.1) is 0 Å². The fraction of sp³-hybridized carbons (Fsp3) is 0.769. The molecular weight excluding hydrogens is 262 g/mol. The summed E-state index contributed by atoms with van der Waals surface area (Å²) < 4.78 is 0. The van der Waals surface area contributed by atoms with Gasteiger partial charge in [-0.2, -0.15) is 0 Å². The van der Waals surface area contributed by atoms with Gasteiger partial charge in [0.15, 0.2) is 0 Å². The molecule has 0 aliphatic heterocycles. The molecule has 0 radical (unpaired) electrons. The first-order chi connectivity index (χ1) is 8.89. The molecule has 0 atom stereocenters. The summed E-state index contributed by atoms with van der Waals surface area (Å²) in [5.41, 5.74) is 1.42. The van der Waals surface area contributed by atoms with Crippen LogP contribution in [0.15, 0.2) is 5.51 Å². The van der Waals surface area contributed by atoms with Gasteiger partial charge in [-0.3, -0.25) is 0 Å². The second-order valence-electron chi connectivity index (χ2n) is 6.11. The third-order valence-corrected chi connectivity index (χ3v) is 4.57. The van der Waals surface area contributed by atoms with Crippen LogP contribution in [0.4, 0.5) is 4.79 Å². The van der Waals surface area contributed by atoms with Crippen LogP contribution in [0.25, 0.3) is 0 Å². The zero-order valence-electron chi connectivity index (χ0n) is 11.7. The number of nitrogens with zero attached hydrogens (tertiary/aromatic N) is 3. The fourth-order valence-electron chi connectivity index (χ4n) is 2.93. The average Bonchev–Trinajstić information content (AvgIpc) is 2.81. The van der Waals surface area contributed by atoms with Gasteiger partial charge in [0.1, 0.15) is 10.5 Å². The summed E-state index contributed by atoms with van der Waals surface area (Å²) in [5, 5.41) is 18.5. The lowest BCUT2D eigenvalue weighted by Crippen LogP contribution is -2.52. The fourth-order valence-corrected chi connectivity index (χ4v) is 3.66. The second-order valence-corrected chi connectivity index (χ2v) is 6.97. The van der Waals surface area contributed by atoms with Gasteiger partial charge in [-0.05, 0) is 46.5 Å². The minimum atomic E-state index is -0.813. The molecule has 0 unspecified atom stereocenters. The van der Waals surface area contributed by atoms with Crippen molar-refractivity contribution in [1.29, 1.82) is 0 Å². The van der Waals surface area contributed by atoms with Gasteiger partial charge in [0.25, 0.3) is 0 Å². The van der Waals surface area contributed by atoms with Crippen LogP contribution in [0.5, 0.6) is 0 Å². The number of carboxylic acid groups (broad SMARTS) is 1. The van der Waals surface area contributed by atoms with Crippen molar-refractivity contribution in [2.75, 3.05) is 0 Å². The van der Waals surface area contributed by atoms with E-state index < -0.39 is 6.09 Å². The summed E-state index contributed by atoms with van der Waals surface area (Å²) in [7, 11) is 0. The molecule has 2 rings (SSSR count). The smallest absolute Gasteiger partial charge is 0.407 e. The van der Waals surface area contributed by atoms with E-state index in [-0.39, 0.29) is 11.6 Å². The molecule has 0 saturated heterocycles. The first-order valence-electron chi connectivity index (χ1n) is 6.68. The lowest BCUT2D eigenvalue weighted by Gasteiger charge is -2.42. The zero-order chi connectivity index (χ0) is 14.0. The Labute approximate surface area is 117 Å². The van der Waals surface area contributed by atoms with E-state index >= 15 is 0 Å². The Kier molecular flexibility index (Phi) is 4.08. The summed E-state index contributed by atoms with van der Waals surface area (Å²) in [6, 6.07) is 0.127. The Morgan fingerprint density at radius 3 is 2.42 bits per heavy atom. The van der Waals surface area contributed by atoms with Crippen LogP contribution in [0.2, 0.25) is 0 Å². The van der Waals surface area contributed by atoms with Gasteiger partial charge < -0.3 is 10.0 Å². The van der Waals surface area contributed by atoms with Crippen LogP contribution in [-0.4, -0.2) is 37.9 Å². The molecule has 1 amide bonds. The van der Waals surface area contributed by atoms with E-state index in [2.05, 4.69) is 10.2 Å². The number of amides is 1. The van der Waals surface area contributed by atoms with E-state index in [1.165, 1.54) is 0 Å². The maximum absolute atomic E-state index is 11.5. The molecule has 5 nitrogen and oxygen atoms in total. The summed E-state index contributed by atoms with van der Waals surface area (Å²) in [6.45, 7) is 5.87. The maximum Gasteiger partial charge on any atom is 0.407 e. The molecule has 1 saturated carbocycles. The predicted octanol–water partition coefficient (Wildman–Crippen LogP) is 3.34. The highest BCUT2D eigenvalue weighted by Crippen LogP contribution is 2.37. The quantitative estimate of drug-likeness (QED) is 0.904. The zero-order valence-corrected chi connectivity index (χ0v) is 12.5. The molecule has 1 N–H and O–H groups in total. The minimum absolute atomic E-state index is 0.127. The van der Waals surface area contributed by atoms with Crippen molar-refractivity contribution >= 4 is 17.4 Å². The Bertz CT molecular complexity index is 420. The van der Waals surface area contributed by atoms with Crippen LogP contribution < -0.4 is 0 Å². The predicted molar refractivity (Wildman–Crippen MR) is 74.5 cm³/mol. The topological polar surface area (TPSA) is 66.3 Å². The van der Waals surface area contributed by atoms with E-state index in [1.54, 1.807) is 21.7 Å². The van der Waals surface area contributed by atoms with Crippen molar-refractivity contribution in [2.24, 2.45) is 0 Å². The third-order valence-electron chi connectivity index (χ3n) is 3.72. The highest BCUT2D eigenvalue weighted by atomic mass is 32.1. The monoisotopic (exact) mass is 283 g/mol. The van der Waals surface area contributed by atoms with Gasteiger partial charge in [-0.15, -0.1) is 21.5 Å². The molecule has 19 heavy (non-hydrogen) atoms. The lowest BCUT2D eigenvalue weighted by atomic mass is 9.84. The van der Waals surface area contributed by atoms with E-state index in [9.17, 15) is 9.90 Å². The van der Waals surface area contributed by atoms with Crippen LogP contribution in [0.1, 0.15) is 57.4 Å². The molecule has 1 aliphatic rings. The molecular formula is C13H21N3O2S. The lowest BCUT2D eigenvalue weighted by molar-refractivity contribution is 0.0546. The normalized spacial score (nSPS) is 24.2. The van der Waals surface area contributed by atoms with Crippen molar-refractivity contribution in [3.63, 3.8) is 0 Å². The highest BCUT2D eigenvalue weighted by molar-refractivity contribution is 7.09. The molecule has 1 aromatic heterocycles. The van der Waals surface area contributed by atoms with Crippen LogP contribution in [-0.2, 0) is 0 Å². The summed E-state index contributed by atoms with van der Waals surface area (Å²) in [4.78, 5) is 13.1. The van der Waals surface area contributed by atoms with Crippen molar-refractivity contribution in [2.45, 2.75) is 64.0 Å². The van der Waals surface area contributed by atoms with Crippen molar-refractivity contribution < 1.29 is 9.90 Å². The maximum atomic E-state index is 11.5. The Hall–Kier alpha value is -1.17. The van der Waals surface area contributed by atoms with E-state index in [0.717, 1.165) is 30.7 Å². The summed E-state index contributed by atoms with van der Waals surface area (Å²) >= 11 is 1.60. The van der Waals surface area contributed by atoms with Crippen molar-refractivity contribution in [3.05, 3.63) is 10.5 Å². The van der Waals surface area contributed by atoms with Gasteiger partial charge in [-0.1, -0.05) is 0 Å². The van der Waals surface area contributed by atoms with E-state index in [4.69, 9.17) is 0 Å². The second kappa shape index (κ2) is 5.45. The molecule has 0 spiro atoms. The summed E-state index contributed by atoms with van der Waals surface area (Å²) in [5.74, 6) is 0.458. The minimum Gasteiger partial charge on any atom is -0.465 e. The SMILES string of the molecule is CC(C)(C)N(C(=O)O)[C@H]1CC[C@H](c2nncs2)CC1. The molecule has 1 aliphatic carbocycles. The van der Waals surface area contributed by atoms with Gasteiger partial charge in [0.2, 0.25) is 0 Å². The standard InChI is InChI=1S/C13H21N3O2S/c1-13(2,3)16(12(17)18)10-6-4-9(5-7-10)11-15-14-8-19-11/h8-10H,4-7H2,1-3H3,(H,17,18)/t9-,10-. The number of carbonyl (C=O) groups is 1. The molecule has 0 bridgehead atoms. The molecule has 1 aromatic rings. The largest absolute Gasteiger partial charge is 0.465 e. The van der Waals surface area contributed by atoms with Crippen molar-refractivity contribution in [1.82, 2.24) is 15.1 Å². The summed E-state index contributed by atoms with van der Waals surface area (Å²) in [6.07, 6.45) is 3.01. The van der Waals surface area contributed by atoms with Crippen LogP contribution >= 0.6 is 11.3 Å². The first-order valence-corrected chi connectivity index (χ1v) is 7.56. The molecule has 6 heteroatoms. The molecule has 1 fully saturated rings. The third kappa shape index (κ3) is 3.23. The van der Waals surface area contributed by atoms with E-state index in [0.29, 0.717) is 5.92 Å². The van der Waals surface area contributed by atoms with Gasteiger partial charge in [-0.25, -0.2) is 4.79 Å². The average molecular weight is 283 g/mol. The Morgan fingerprint density at radius 2 is 2.00 bits per heavy atom. The number of hydrogen-bond donors (Lipinski definition) is 1. The molecule has 0 aromatic carbocycles. The molecule has 106 valence electrons.